The molecule has 5 nitrogen and oxygen atoms in total. The Hall–Kier alpha value is -1.50. The molecule has 0 aliphatic carbocycles. The molecule has 2 aliphatic heterocycles. The van der Waals surface area contributed by atoms with Gasteiger partial charge in [0.2, 0.25) is 0 Å². The number of carbonyl (C=O) groups excluding carboxylic acids is 1. The van der Waals surface area contributed by atoms with Crippen molar-refractivity contribution in [1.82, 2.24) is 15.5 Å². The molecule has 0 saturated carbocycles. The average molecular weight is 307 g/mol. The number of carbonyl (C=O) groups is 1. The Kier molecular flexibility index (Phi) is 4.42. The van der Waals surface area contributed by atoms with Gasteiger partial charge in [0.25, 0.3) is 5.91 Å². The molecule has 2 fully saturated rings. The molecule has 3 N–H and O–H groups in total. The van der Waals surface area contributed by atoms with Gasteiger partial charge in [-0.25, -0.2) is 4.39 Å². The van der Waals surface area contributed by atoms with Gasteiger partial charge in [0, 0.05) is 44.8 Å². The van der Waals surface area contributed by atoms with Crippen molar-refractivity contribution in [2.75, 3.05) is 39.3 Å². The second-order valence-electron chi connectivity index (χ2n) is 6.15. The number of nitrogens with one attached hydrogen (secondary N) is 2. The second-order valence-corrected chi connectivity index (χ2v) is 6.15. The highest BCUT2D eigenvalue weighted by Gasteiger charge is 2.38. The van der Waals surface area contributed by atoms with E-state index in [1.54, 1.807) is 24.3 Å². The van der Waals surface area contributed by atoms with Crippen LogP contribution in [0.15, 0.2) is 24.3 Å². The lowest BCUT2D eigenvalue weighted by atomic mass is 9.89. The quantitative estimate of drug-likeness (QED) is 0.730. The number of rotatable bonds is 5. The van der Waals surface area contributed by atoms with E-state index in [0.717, 1.165) is 19.5 Å². The van der Waals surface area contributed by atoms with Crippen molar-refractivity contribution in [2.24, 2.45) is 0 Å². The molecule has 0 unspecified atom stereocenters. The number of alkyl halides is 1. The highest BCUT2D eigenvalue weighted by Crippen LogP contribution is 2.30. The van der Waals surface area contributed by atoms with Crippen molar-refractivity contribution >= 4 is 5.91 Å². The molecular formula is C16H22FN3O2. The number of nitrogens with zero attached hydrogens (tertiary/aromatic N) is 1. The summed E-state index contributed by atoms with van der Waals surface area (Å²) in [7, 11) is 0. The third-order valence-electron chi connectivity index (χ3n) is 4.41. The zero-order valence-corrected chi connectivity index (χ0v) is 12.5. The Balaban J connectivity index is 1.52. The molecular weight excluding hydrogens is 285 g/mol. The summed E-state index contributed by atoms with van der Waals surface area (Å²) < 4.78 is 14.4. The zero-order chi connectivity index (χ0) is 15.6. The van der Waals surface area contributed by atoms with Crippen LogP contribution in [-0.4, -0.2) is 61.3 Å². The standard InChI is InChI=1S/C16H22FN3O2/c17-16(10-18-11-16)13-3-1-2-12(8-13)15(22)19-5-7-20-6-4-14(21)9-20/h1-3,8,14,18,21H,4-7,9-11H2,(H,19,22)/t14-/m0/s1. The Morgan fingerprint density at radius 1 is 1.50 bits per heavy atom. The fourth-order valence-electron chi connectivity index (χ4n) is 2.93. The van der Waals surface area contributed by atoms with Gasteiger partial charge in [-0.15, -0.1) is 0 Å². The Labute approximate surface area is 129 Å². The van der Waals surface area contributed by atoms with Gasteiger partial charge in [-0.1, -0.05) is 12.1 Å². The van der Waals surface area contributed by atoms with Crippen LogP contribution in [0.4, 0.5) is 4.39 Å². The first-order valence-corrected chi connectivity index (χ1v) is 7.76. The van der Waals surface area contributed by atoms with E-state index in [2.05, 4.69) is 15.5 Å². The summed E-state index contributed by atoms with van der Waals surface area (Å²) in [6, 6.07) is 6.79. The fraction of sp³-hybridized carbons (Fsp3) is 0.562. The molecule has 3 rings (SSSR count). The van der Waals surface area contributed by atoms with E-state index in [4.69, 9.17) is 0 Å². The van der Waals surface area contributed by atoms with Crippen LogP contribution in [0.5, 0.6) is 0 Å². The maximum Gasteiger partial charge on any atom is 0.251 e. The van der Waals surface area contributed by atoms with Crippen LogP contribution in [0, 0.1) is 0 Å². The van der Waals surface area contributed by atoms with Crippen molar-refractivity contribution in [2.45, 2.75) is 18.2 Å². The molecule has 2 heterocycles. The van der Waals surface area contributed by atoms with E-state index in [1.807, 2.05) is 0 Å². The summed E-state index contributed by atoms with van der Waals surface area (Å²) >= 11 is 0. The first-order chi connectivity index (χ1) is 10.6. The highest BCUT2D eigenvalue weighted by atomic mass is 19.1. The Morgan fingerprint density at radius 3 is 2.95 bits per heavy atom. The number of aliphatic hydroxyl groups is 1. The molecule has 6 heteroatoms. The molecule has 0 aromatic heterocycles. The topological polar surface area (TPSA) is 64.6 Å². The van der Waals surface area contributed by atoms with E-state index < -0.39 is 5.67 Å². The number of likely N-dealkylation sites (tertiary alicyclic amines) is 1. The lowest BCUT2D eigenvalue weighted by Gasteiger charge is -2.35. The van der Waals surface area contributed by atoms with Gasteiger partial charge in [0.15, 0.2) is 5.67 Å². The summed E-state index contributed by atoms with van der Waals surface area (Å²) in [5.41, 5.74) is -0.299. The van der Waals surface area contributed by atoms with E-state index in [-0.39, 0.29) is 12.0 Å². The van der Waals surface area contributed by atoms with Gasteiger partial charge < -0.3 is 15.7 Å². The molecule has 22 heavy (non-hydrogen) atoms. The van der Waals surface area contributed by atoms with E-state index in [0.29, 0.717) is 37.3 Å². The van der Waals surface area contributed by atoms with Gasteiger partial charge >= 0.3 is 0 Å². The Morgan fingerprint density at radius 2 is 2.32 bits per heavy atom. The van der Waals surface area contributed by atoms with Crippen LogP contribution in [0.3, 0.4) is 0 Å². The lowest BCUT2D eigenvalue weighted by Crippen LogP contribution is -2.53. The third-order valence-corrected chi connectivity index (χ3v) is 4.41. The van der Waals surface area contributed by atoms with Crippen LogP contribution in [0.1, 0.15) is 22.3 Å². The van der Waals surface area contributed by atoms with Crippen LogP contribution < -0.4 is 10.6 Å². The van der Waals surface area contributed by atoms with Gasteiger partial charge in [-0.3, -0.25) is 9.69 Å². The second kappa shape index (κ2) is 6.32. The maximum atomic E-state index is 14.4. The molecule has 0 spiro atoms. The predicted octanol–water partition coefficient (Wildman–Crippen LogP) is 0.251. The van der Waals surface area contributed by atoms with Crippen LogP contribution in [-0.2, 0) is 5.67 Å². The van der Waals surface area contributed by atoms with Crippen molar-refractivity contribution in [3.63, 3.8) is 0 Å². The van der Waals surface area contributed by atoms with Gasteiger partial charge in [0.1, 0.15) is 0 Å². The smallest absolute Gasteiger partial charge is 0.251 e. The van der Waals surface area contributed by atoms with Crippen LogP contribution >= 0.6 is 0 Å². The lowest BCUT2D eigenvalue weighted by molar-refractivity contribution is 0.0885. The van der Waals surface area contributed by atoms with Gasteiger partial charge in [-0.2, -0.15) is 0 Å². The maximum absolute atomic E-state index is 14.4. The molecule has 1 aromatic rings. The molecule has 2 saturated heterocycles. The molecule has 1 atom stereocenters. The number of benzene rings is 1. The molecule has 1 amide bonds. The summed E-state index contributed by atoms with van der Waals surface area (Å²) in [5.74, 6) is -0.183. The molecule has 0 radical (unpaired) electrons. The number of amides is 1. The van der Waals surface area contributed by atoms with Gasteiger partial charge in [-0.05, 0) is 24.1 Å². The Bertz CT molecular complexity index is 548. The zero-order valence-electron chi connectivity index (χ0n) is 12.5. The van der Waals surface area contributed by atoms with Crippen molar-refractivity contribution in [3.05, 3.63) is 35.4 Å². The molecule has 120 valence electrons. The highest BCUT2D eigenvalue weighted by molar-refractivity contribution is 5.94. The molecule has 0 bridgehead atoms. The number of hydrogen-bond donors (Lipinski definition) is 3. The summed E-state index contributed by atoms with van der Waals surface area (Å²) in [5, 5.41) is 15.2. The first kappa shape index (κ1) is 15.4. The van der Waals surface area contributed by atoms with E-state index in [1.165, 1.54) is 0 Å². The summed E-state index contributed by atoms with van der Waals surface area (Å²) in [4.78, 5) is 14.3. The summed E-state index contributed by atoms with van der Waals surface area (Å²) in [6.07, 6.45) is 0.548. The van der Waals surface area contributed by atoms with Crippen molar-refractivity contribution in [3.8, 4) is 0 Å². The largest absolute Gasteiger partial charge is 0.392 e. The van der Waals surface area contributed by atoms with E-state index in [9.17, 15) is 14.3 Å². The first-order valence-electron chi connectivity index (χ1n) is 7.76. The normalized spacial score (nSPS) is 24.0. The van der Waals surface area contributed by atoms with E-state index >= 15 is 0 Å². The summed E-state index contributed by atoms with van der Waals surface area (Å²) in [6.45, 7) is 3.38. The fourth-order valence-corrected chi connectivity index (χ4v) is 2.93. The monoisotopic (exact) mass is 307 g/mol. The number of hydrogen-bond acceptors (Lipinski definition) is 4. The minimum Gasteiger partial charge on any atom is -0.392 e. The number of aliphatic hydroxyl groups excluding tert-OH is 1. The third kappa shape index (κ3) is 3.29. The van der Waals surface area contributed by atoms with Crippen molar-refractivity contribution < 1.29 is 14.3 Å². The van der Waals surface area contributed by atoms with Crippen LogP contribution in [0.25, 0.3) is 0 Å². The predicted molar refractivity (Wildman–Crippen MR) is 81.5 cm³/mol. The van der Waals surface area contributed by atoms with Crippen LogP contribution in [0.2, 0.25) is 0 Å². The van der Waals surface area contributed by atoms with Crippen molar-refractivity contribution in [1.29, 1.82) is 0 Å². The molecule has 1 aromatic carbocycles. The minimum atomic E-state index is -1.35. The molecule has 2 aliphatic rings. The number of halogens is 1. The average Bonchev–Trinajstić information content (AvgIpc) is 2.90. The minimum absolute atomic E-state index is 0.183. The number of β-amino-alcohol motifs (C(OH)–C–C–N with tert-alkyl or cyclic N) is 1. The van der Waals surface area contributed by atoms with Gasteiger partial charge in [0.05, 0.1) is 6.10 Å². The SMILES string of the molecule is O=C(NCCN1CC[C@H](O)C1)c1cccc(C2(F)CNC2)c1.